The quantitative estimate of drug-likeness (QED) is 0.593. The fourth-order valence-corrected chi connectivity index (χ4v) is 2.47. The van der Waals surface area contributed by atoms with Gasteiger partial charge >= 0.3 is 0 Å². The van der Waals surface area contributed by atoms with Crippen LogP contribution in [0.2, 0.25) is 0 Å². The van der Waals surface area contributed by atoms with E-state index in [1.165, 1.54) is 19.3 Å². The molecule has 2 atom stereocenters. The molecule has 1 heterocycles. The van der Waals surface area contributed by atoms with Gasteiger partial charge in [0, 0.05) is 26.2 Å². The molecule has 0 aromatic heterocycles. The van der Waals surface area contributed by atoms with Crippen molar-refractivity contribution in [1.82, 2.24) is 4.90 Å². The van der Waals surface area contributed by atoms with Crippen LogP contribution in [-0.4, -0.2) is 50.0 Å². The maximum atomic E-state index is 5.95. The fourth-order valence-electron chi connectivity index (χ4n) is 2.47. The van der Waals surface area contributed by atoms with Gasteiger partial charge in [-0.3, -0.25) is 4.90 Å². The smallest absolute Gasteiger partial charge is 0.0674 e. The highest BCUT2D eigenvalue weighted by atomic mass is 16.5. The minimum absolute atomic E-state index is 0.396. The van der Waals surface area contributed by atoms with Crippen molar-refractivity contribution in [2.24, 2.45) is 0 Å². The second kappa shape index (κ2) is 9.76. The van der Waals surface area contributed by atoms with Gasteiger partial charge < -0.3 is 9.47 Å². The van der Waals surface area contributed by atoms with E-state index < -0.39 is 0 Å². The van der Waals surface area contributed by atoms with Crippen LogP contribution in [0, 0.1) is 0 Å². The van der Waals surface area contributed by atoms with Crippen molar-refractivity contribution >= 4 is 0 Å². The van der Waals surface area contributed by atoms with Gasteiger partial charge in [-0.2, -0.15) is 0 Å². The average molecular weight is 257 g/mol. The summed E-state index contributed by atoms with van der Waals surface area (Å²) in [6.07, 6.45) is 6.96. The van der Waals surface area contributed by atoms with E-state index >= 15 is 0 Å². The Hall–Kier alpha value is -0.120. The zero-order valence-corrected chi connectivity index (χ0v) is 12.5. The summed E-state index contributed by atoms with van der Waals surface area (Å²) in [6, 6.07) is 0. The van der Waals surface area contributed by atoms with Crippen molar-refractivity contribution in [1.29, 1.82) is 0 Å². The maximum absolute atomic E-state index is 5.95. The predicted molar refractivity (Wildman–Crippen MR) is 76.0 cm³/mol. The third-order valence-corrected chi connectivity index (χ3v) is 3.63. The Morgan fingerprint density at radius 3 is 2.83 bits per heavy atom. The molecule has 3 heteroatoms. The molecule has 0 aromatic carbocycles. The molecular formula is C15H31NO2. The largest absolute Gasteiger partial charge is 0.378 e. The number of morpholine rings is 1. The van der Waals surface area contributed by atoms with Crippen molar-refractivity contribution in [2.45, 2.75) is 65.1 Å². The number of hydrogen-bond acceptors (Lipinski definition) is 3. The lowest BCUT2D eigenvalue weighted by atomic mass is 10.1. The van der Waals surface area contributed by atoms with Gasteiger partial charge in [0.15, 0.2) is 0 Å². The SMILES string of the molecule is CCCCC(CC)OCCCN1CCOC(C)C1. The highest BCUT2D eigenvalue weighted by Crippen LogP contribution is 2.10. The molecule has 0 radical (unpaired) electrons. The van der Waals surface area contributed by atoms with E-state index in [1.807, 2.05) is 0 Å². The van der Waals surface area contributed by atoms with Gasteiger partial charge in [-0.1, -0.05) is 26.7 Å². The molecule has 0 aliphatic carbocycles. The molecule has 3 nitrogen and oxygen atoms in total. The van der Waals surface area contributed by atoms with Crippen LogP contribution in [0.3, 0.4) is 0 Å². The van der Waals surface area contributed by atoms with Crippen LogP contribution >= 0.6 is 0 Å². The van der Waals surface area contributed by atoms with Gasteiger partial charge in [0.05, 0.1) is 18.8 Å². The summed E-state index contributed by atoms with van der Waals surface area (Å²) in [5, 5.41) is 0. The van der Waals surface area contributed by atoms with E-state index in [9.17, 15) is 0 Å². The Morgan fingerprint density at radius 2 is 2.17 bits per heavy atom. The van der Waals surface area contributed by atoms with Crippen molar-refractivity contribution in [3.63, 3.8) is 0 Å². The Morgan fingerprint density at radius 1 is 1.33 bits per heavy atom. The first kappa shape index (κ1) is 15.9. The molecule has 108 valence electrons. The minimum Gasteiger partial charge on any atom is -0.378 e. The molecule has 0 N–H and O–H groups in total. The molecule has 1 aliphatic rings. The Labute approximate surface area is 113 Å². The Bertz CT molecular complexity index is 199. The van der Waals surface area contributed by atoms with Crippen LogP contribution in [0.4, 0.5) is 0 Å². The fraction of sp³-hybridized carbons (Fsp3) is 1.00. The first-order chi connectivity index (χ1) is 8.76. The van der Waals surface area contributed by atoms with Gasteiger partial charge in [0.2, 0.25) is 0 Å². The zero-order chi connectivity index (χ0) is 13.2. The predicted octanol–water partition coefficient (Wildman–Crippen LogP) is 3.08. The van der Waals surface area contributed by atoms with Crippen LogP contribution in [0.1, 0.15) is 52.9 Å². The van der Waals surface area contributed by atoms with Crippen LogP contribution in [0.5, 0.6) is 0 Å². The summed E-state index contributed by atoms with van der Waals surface area (Å²) in [5.41, 5.74) is 0. The first-order valence-electron chi connectivity index (χ1n) is 7.71. The van der Waals surface area contributed by atoms with Crippen LogP contribution in [0.15, 0.2) is 0 Å². The zero-order valence-electron chi connectivity index (χ0n) is 12.5. The topological polar surface area (TPSA) is 21.7 Å². The van der Waals surface area contributed by atoms with E-state index in [0.29, 0.717) is 12.2 Å². The summed E-state index contributed by atoms with van der Waals surface area (Å²) in [7, 11) is 0. The van der Waals surface area contributed by atoms with Crippen LogP contribution in [0.25, 0.3) is 0 Å². The van der Waals surface area contributed by atoms with Crippen molar-refractivity contribution in [2.75, 3.05) is 32.8 Å². The minimum atomic E-state index is 0.396. The van der Waals surface area contributed by atoms with Gasteiger partial charge in [-0.15, -0.1) is 0 Å². The van der Waals surface area contributed by atoms with Gasteiger partial charge in [-0.05, 0) is 26.2 Å². The molecule has 1 rings (SSSR count). The molecule has 1 saturated heterocycles. The molecular weight excluding hydrogens is 226 g/mol. The van der Waals surface area contributed by atoms with E-state index in [2.05, 4.69) is 25.7 Å². The number of unbranched alkanes of at least 4 members (excludes halogenated alkanes) is 1. The van der Waals surface area contributed by atoms with Gasteiger partial charge in [-0.25, -0.2) is 0 Å². The highest BCUT2D eigenvalue weighted by molar-refractivity contribution is 4.67. The summed E-state index contributed by atoms with van der Waals surface area (Å²) in [5.74, 6) is 0. The second-order valence-electron chi connectivity index (χ2n) is 5.38. The van der Waals surface area contributed by atoms with E-state index in [0.717, 1.165) is 45.7 Å². The van der Waals surface area contributed by atoms with Crippen LogP contribution < -0.4 is 0 Å². The molecule has 1 aliphatic heterocycles. The lowest BCUT2D eigenvalue weighted by Crippen LogP contribution is -2.41. The summed E-state index contributed by atoms with van der Waals surface area (Å²) >= 11 is 0. The summed E-state index contributed by atoms with van der Waals surface area (Å²) < 4.78 is 11.5. The number of nitrogens with zero attached hydrogens (tertiary/aromatic N) is 1. The molecule has 0 bridgehead atoms. The number of rotatable bonds is 9. The molecule has 0 spiro atoms. The summed E-state index contributed by atoms with van der Waals surface area (Å²) in [4.78, 5) is 2.49. The van der Waals surface area contributed by atoms with Gasteiger partial charge in [0.1, 0.15) is 0 Å². The monoisotopic (exact) mass is 257 g/mol. The maximum Gasteiger partial charge on any atom is 0.0674 e. The van der Waals surface area contributed by atoms with Crippen molar-refractivity contribution in [3.8, 4) is 0 Å². The average Bonchev–Trinajstić information content (AvgIpc) is 2.38. The molecule has 0 amide bonds. The van der Waals surface area contributed by atoms with E-state index in [1.54, 1.807) is 0 Å². The lowest BCUT2D eigenvalue weighted by molar-refractivity contribution is -0.0237. The van der Waals surface area contributed by atoms with Gasteiger partial charge in [0.25, 0.3) is 0 Å². The Balaban J connectivity index is 2.02. The third kappa shape index (κ3) is 6.72. The normalized spacial score (nSPS) is 23.2. The molecule has 2 unspecified atom stereocenters. The lowest BCUT2D eigenvalue weighted by Gasteiger charge is -2.31. The van der Waals surface area contributed by atoms with Crippen LogP contribution in [-0.2, 0) is 9.47 Å². The molecule has 0 saturated carbocycles. The van der Waals surface area contributed by atoms with Crippen molar-refractivity contribution < 1.29 is 9.47 Å². The van der Waals surface area contributed by atoms with Crippen molar-refractivity contribution in [3.05, 3.63) is 0 Å². The second-order valence-corrected chi connectivity index (χ2v) is 5.38. The number of ether oxygens (including phenoxy) is 2. The third-order valence-electron chi connectivity index (χ3n) is 3.63. The highest BCUT2D eigenvalue weighted by Gasteiger charge is 2.15. The van der Waals surface area contributed by atoms with E-state index in [-0.39, 0.29) is 0 Å². The number of hydrogen-bond donors (Lipinski definition) is 0. The molecule has 1 fully saturated rings. The standard InChI is InChI=1S/C15H31NO2/c1-4-6-8-15(5-2)18-11-7-9-16-10-12-17-14(3)13-16/h14-15H,4-13H2,1-3H3. The van der Waals surface area contributed by atoms with E-state index in [4.69, 9.17) is 9.47 Å². The Kier molecular flexibility index (Phi) is 8.64. The first-order valence-corrected chi connectivity index (χ1v) is 7.71. The molecule has 18 heavy (non-hydrogen) atoms. The molecule has 0 aromatic rings. The summed E-state index contributed by atoms with van der Waals surface area (Å²) in [6.45, 7) is 11.7.